The molecule has 0 spiro atoms. The highest BCUT2D eigenvalue weighted by molar-refractivity contribution is 5.89. The summed E-state index contributed by atoms with van der Waals surface area (Å²) in [4.78, 5) is 10.9. The van der Waals surface area contributed by atoms with Crippen LogP contribution < -0.4 is 0 Å². The third-order valence-electron chi connectivity index (χ3n) is 2.42. The van der Waals surface area contributed by atoms with E-state index in [0.29, 0.717) is 5.57 Å². The zero-order chi connectivity index (χ0) is 12.5. The molecule has 0 saturated carbocycles. The van der Waals surface area contributed by atoms with Crippen LogP contribution in [-0.2, 0) is 11.2 Å². The fraction of sp³-hybridized carbons (Fsp3) is 0.267. The van der Waals surface area contributed by atoms with Gasteiger partial charge in [-0.3, -0.25) is 0 Å². The van der Waals surface area contributed by atoms with Crippen molar-refractivity contribution in [2.45, 2.75) is 26.2 Å². The smallest absolute Gasteiger partial charge is 0.335 e. The lowest BCUT2D eigenvalue weighted by molar-refractivity contribution is -0.132. The Kier molecular flexibility index (Phi) is 5.80. The van der Waals surface area contributed by atoms with Gasteiger partial charge in [-0.15, -0.1) is 0 Å². The number of aryl methyl sites for hydroxylation is 1. The second-order valence-electron chi connectivity index (χ2n) is 3.80. The van der Waals surface area contributed by atoms with E-state index in [2.05, 4.69) is 12.1 Å². The lowest BCUT2D eigenvalue weighted by Gasteiger charge is -1.98. The molecule has 90 valence electrons. The predicted molar refractivity (Wildman–Crippen MR) is 69.9 cm³/mol. The van der Waals surface area contributed by atoms with E-state index in [-0.39, 0.29) is 0 Å². The minimum atomic E-state index is -0.859. The number of carbonyl (C=O) groups is 1. The minimum Gasteiger partial charge on any atom is -0.478 e. The van der Waals surface area contributed by atoms with Crippen LogP contribution in [0.3, 0.4) is 0 Å². The Morgan fingerprint density at radius 3 is 2.59 bits per heavy atom. The summed E-state index contributed by atoms with van der Waals surface area (Å²) in [5, 5.41) is 8.98. The van der Waals surface area contributed by atoms with Crippen LogP contribution in [-0.4, -0.2) is 11.1 Å². The summed E-state index contributed by atoms with van der Waals surface area (Å²) >= 11 is 0. The molecule has 0 aliphatic heterocycles. The molecule has 0 aliphatic rings. The van der Waals surface area contributed by atoms with Crippen LogP contribution >= 0.6 is 0 Å². The van der Waals surface area contributed by atoms with Crippen molar-refractivity contribution in [3.63, 3.8) is 0 Å². The van der Waals surface area contributed by atoms with Crippen molar-refractivity contribution >= 4 is 5.97 Å². The fourth-order valence-corrected chi connectivity index (χ4v) is 1.51. The molecule has 0 atom stereocenters. The molecular weight excluding hydrogens is 212 g/mol. The molecule has 0 aromatic heterocycles. The highest BCUT2D eigenvalue weighted by atomic mass is 16.4. The maximum atomic E-state index is 10.9. The van der Waals surface area contributed by atoms with Crippen LogP contribution in [0.4, 0.5) is 0 Å². The van der Waals surface area contributed by atoms with Crippen LogP contribution in [0.1, 0.15) is 25.3 Å². The second kappa shape index (κ2) is 7.44. The van der Waals surface area contributed by atoms with Crippen molar-refractivity contribution in [1.82, 2.24) is 0 Å². The number of allylic oxidation sites excluding steroid dienone is 2. The van der Waals surface area contributed by atoms with Crippen molar-refractivity contribution < 1.29 is 9.90 Å². The van der Waals surface area contributed by atoms with E-state index in [9.17, 15) is 4.79 Å². The molecule has 0 saturated heterocycles. The maximum absolute atomic E-state index is 10.9. The summed E-state index contributed by atoms with van der Waals surface area (Å²) in [6.07, 6.45) is 7.79. The van der Waals surface area contributed by atoms with Gasteiger partial charge in [-0.05, 0) is 24.8 Å². The van der Waals surface area contributed by atoms with Gasteiger partial charge in [0.15, 0.2) is 0 Å². The van der Waals surface area contributed by atoms with Crippen LogP contribution in [0.5, 0.6) is 0 Å². The standard InChI is InChI=1S/C15H18O2/c1-2-3-11-14(15(16)17)12-7-10-13-8-5-4-6-9-13/h3-6,8-9,11-12H,2,7,10H2,1H3,(H,16,17)/b11-3-,14-12+. The highest BCUT2D eigenvalue weighted by Gasteiger charge is 2.01. The summed E-state index contributed by atoms with van der Waals surface area (Å²) in [6, 6.07) is 10.1. The van der Waals surface area contributed by atoms with Gasteiger partial charge in [0.05, 0.1) is 5.57 Å². The molecule has 0 bridgehead atoms. The van der Waals surface area contributed by atoms with Gasteiger partial charge >= 0.3 is 5.97 Å². The molecule has 1 aromatic carbocycles. The van der Waals surface area contributed by atoms with Crippen molar-refractivity contribution in [3.05, 3.63) is 59.7 Å². The van der Waals surface area contributed by atoms with E-state index >= 15 is 0 Å². The van der Waals surface area contributed by atoms with E-state index in [0.717, 1.165) is 19.3 Å². The molecule has 0 aliphatic carbocycles. The summed E-state index contributed by atoms with van der Waals surface area (Å²) < 4.78 is 0. The molecule has 0 fully saturated rings. The van der Waals surface area contributed by atoms with Gasteiger partial charge in [0.1, 0.15) is 0 Å². The van der Waals surface area contributed by atoms with Gasteiger partial charge in [0.25, 0.3) is 0 Å². The number of benzene rings is 1. The SMILES string of the molecule is CC/C=C\C(=C/CCc1ccccc1)C(=O)O. The molecule has 0 amide bonds. The lowest BCUT2D eigenvalue weighted by atomic mass is 10.1. The van der Waals surface area contributed by atoms with E-state index in [1.807, 2.05) is 31.2 Å². The molecule has 0 unspecified atom stereocenters. The first-order chi connectivity index (χ1) is 8.24. The van der Waals surface area contributed by atoms with Gasteiger partial charge < -0.3 is 5.11 Å². The molecule has 0 radical (unpaired) electrons. The molecular formula is C15H18O2. The van der Waals surface area contributed by atoms with E-state index < -0.39 is 5.97 Å². The van der Waals surface area contributed by atoms with Gasteiger partial charge in [-0.2, -0.15) is 0 Å². The summed E-state index contributed by atoms with van der Waals surface area (Å²) in [5.41, 5.74) is 1.61. The van der Waals surface area contributed by atoms with E-state index in [1.54, 1.807) is 12.2 Å². The molecule has 17 heavy (non-hydrogen) atoms. The van der Waals surface area contributed by atoms with Crippen molar-refractivity contribution in [1.29, 1.82) is 0 Å². The third kappa shape index (κ3) is 5.16. The predicted octanol–water partition coefficient (Wildman–Crippen LogP) is 3.60. The number of aliphatic carboxylic acids is 1. The average Bonchev–Trinajstić information content (AvgIpc) is 2.34. The zero-order valence-corrected chi connectivity index (χ0v) is 10.1. The number of hydrogen-bond acceptors (Lipinski definition) is 1. The first-order valence-electron chi connectivity index (χ1n) is 5.88. The van der Waals surface area contributed by atoms with Crippen molar-refractivity contribution in [3.8, 4) is 0 Å². The molecule has 2 nitrogen and oxygen atoms in total. The Morgan fingerprint density at radius 1 is 1.29 bits per heavy atom. The normalized spacial score (nSPS) is 11.9. The van der Waals surface area contributed by atoms with Crippen molar-refractivity contribution in [2.24, 2.45) is 0 Å². The van der Waals surface area contributed by atoms with Gasteiger partial charge in [-0.1, -0.05) is 55.5 Å². The summed E-state index contributed by atoms with van der Waals surface area (Å²) in [5.74, 6) is -0.859. The first-order valence-corrected chi connectivity index (χ1v) is 5.88. The average molecular weight is 230 g/mol. The number of hydrogen-bond donors (Lipinski definition) is 1. The Balaban J connectivity index is 2.55. The van der Waals surface area contributed by atoms with Crippen LogP contribution in [0.15, 0.2) is 54.1 Å². The van der Waals surface area contributed by atoms with E-state index in [4.69, 9.17) is 5.11 Å². The topological polar surface area (TPSA) is 37.3 Å². The minimum absolute atomic E-state index is 0.378. The quantitative estimate of drug-likeness (QED) is 0.599. The summed E-state index contributed by atoms with van der Waals surface area (Å²) in [7, 11) is 0. The Morgan fingerprint density at radius 2 is 2.00 bits per heavy atom. The molecule has 1 N–H and O–H groups in total. The fourth-order valence-electron chi connectivity index (χ4n) is 1.51. The largest absolute Gasteiger partial charge is 0.478 e. The highest BCUT2D eigenvalue weighted by Crippen LogP contribution is 2.06. The van der Waals surface area contributed by atoms with Gasteiger partial charge in [0.2, 0.25) is 0 Å². The van der Waals surface area contributed by atoms with E-state index in [1.165, 1.54) is 5.56 Å². The molecule has 2 heteroatoms. The molecule has 1 rings (SSSR count). The molecule has 0 heterocycles. The monoisotopic (exact) mass is 230 g/mol. The molecule has 1 aromatic rings. The summed E-state index contributed by atoms with van der Waals surface area (Å²) in [6.45, 7) is 1.99. The second-order valence-corrected chi connectivity index (χ2v) is 3.80. The van der Waals surface area contributed by atoms with Crippen LogP contribution in [0.25, 0.3) is 0 Å². The Hall–Kier alpha value is -1.83. The zero-order valence-electron chi connectivity index (χ0n) is 10.1. The maximum Gasteiger partial charge on any atom is 0.335 e. The van der Waals surface area contributed by atoms with Crippen LogP contribution in [0, 0.1) is 0 Å². The Labute approximate surface area is 102 Å². The van der Waals surface area contributed by atoms with Crippen LogP contribution in [0.2, 0.25) is 0 Å². The first kappa shape index (κ1) is 13.2. The number of rotatable bonds is 6. The Bertz CT molecular complexity index is 402. The van der Waals surface area contributed by atoms with Gasteiger partial charge in [0, 0.05) is 0 Å². The number of carboxylic acid groups (broad SMARTS) is 1. The number of carboxylic acids is 1. The van der Waals surface area contributed by atoms with Crippen molar-refractivity contribution in [2.75, 3.05) is 0 Å². The van der Waals surface area contributed by atoms with Gasteiger partial charge in [-0.25, -0.2) is 4.79 Å². The lowest BCUT2D eigenvalue weighted by Crippen LogP contribution is -1.98. The third-order valence-corrected chi connectivity index (χ3v) is 2.42.